The van der Waals surface area contributed by atoms with E-state index in [0.29, 0.717) is 23.1 Å². The van der Waals surface area contributed by atoms with Gasteiger partial charge in [0.05, 0.1) is 17.2 Å². The Hall–Kier alpha value is -3.99. The van der Waals surface area contributed by atoms with Crippen molar-refractivity contribution in [2.75, 3.05) is 23.7 Å². The number of carbonyl (C=O) groups is 2. The molecule has 1 aliphatic carbocycles. The van der Waals surface area contributed by atoms with Crippen LogP contribution >= 0.6 is 23.4 Å². The molecule has 0 unspecified atom stereocenters. The Balaban J connectivity index is 1.56. The van der Waals surface area contributed by atoms with E-state index < -0.39 is 28.5 Å². The van der Waals surface area contributed by atoms with Crippen LogP contribution in [0.3, 0.4) is 0 Å². The second-order valence-corrected chi connectivity index (χ2v) is 15.5. The molecule has 0 heterocycles. The largest absolute Gasteiger partial charge is 0.494 e. The molecule has 1 saturated carbocycles. The van der Waals surface area contributed by atoms with Gasteiger partial charge in [0, 0.05) is 28.9 Å². The summed E-state index contributed by atoms with van der Waals surface area (Å²) in [7, 11) is -4.22. The van der Waals surface area contributed by atoms with Crippen molar-refractivity contribution >= 4 is 50.9 Å². The molecule has 0 aliphatic heterocycles. The molecule has 0 saturated heterocycles. The lowest BCUT2D eigenvalue weighted by Crippen LogP contribution is -2.55. The lowest BCUT2D eigenvalue weighted by Gasteiger charge is -2.35. The first kappa shape index (κ1) is 37.3. The van der Waals surface area contributed by atoms with E-state index in [9.17, 15) is 18.0 Å². The van der Waals surface area contributed by atoms with Gasteiger partial charge in [-0.1, -0.05) is 73.3 Å². The topological polar surface area (TPSA) is 96.0 Å². The van der Waals surface area contributed by atoms with Crippen molar-refractivity contribution in [1.82, 2.24) is 10.2 Å². The van der Waals surface area contributed by atoms with Gasteiger partial charge in [-0.3, -0.25) is 13.9 Å². The number of thioether (sulfide) groups is 1. The van der Waals surface area contributed by atoms with Crippen LogP contribution in [0, 0.1) is 0 Å². The van der Waals surface area contributed by atoms with Gasteiger partial charge in [0.15, 0.2) is 0 Å². The van der Waals surface area contributed by atoms with Crippen molar-refractivity contribution in [1.29, 1.82) is 0 Å². The second kappa shape index (κ2) is 17.8. The molecular weight excluding hydrogens is 690 g/mol. The maximum absolute atomic E-state index is 14.8. The predicted octanol–water partition coefficient (Wildman–Crippen LogP) is 7.74. The highest BCUT2D eigenvalue weighted by Crippen LogP contribution is 2.28. The van der Waals surface area contributed by atoms with Gasteiger partial charge in [-0.15, -0.1) is 11.8 Å². The van der Waals surface area contributed by atoms with E-state index >= 15 is 0 Å². The number of rotatable bonds is 15. The number of ether oxygens (including phenoxy) is 1. The third kappa shape index (κ3) is 9.83. The van der Waals surface area contributed by atoms with E-state index in [0.717, 1.165) is 52.4 Å². The number of sulfonamides is 1. The minimum absolute atomic E-state index is 0.0204. The fourth-order valence-corrected chi connectivity index (χ4v) is 8.11. The lowest BCUT2D eigenvalue weighted by atomic mass is 9.94. The van der Waals surface area contributed by atoms with Gasteiger partial charge < -0.3 is 15.0 Å². The van der Waals surface area contributed by atoms with Crippen molar-refractivity contribution in [3.05, 3.63) is 119 Å². The van der Waals surface area contributed by atoms with Gasteiger partial charge in [0.1, 0.15) is 18.3 Å². The third-order valence-electron chi connectivity index (χ3n) is 8.85. The minimum Gasteiger partial charge on any atom is -0.494 e. The van der Waals surface area contributed by atoms with Gasteiger partial charge in [0.25, 0.3) is 10.0 Å². The summed E-state index contributed by atoms with van der Waals surface area (Å²) in [5, 5.41) is 3.78. The van der Waals surface area contributed by atoms with E-state index in [1.165, 1.54) is 16.7 Å². The quantitative estimate of drug-likeness (QED) is 0.126. The highest BCUT2D eigenvalue weighted by molar-refractivity contribution is 7.98. The summed E-state index contributed by atoms with van der Waals surface area (Å²) in [4.78, 5) is 31.5. The van der Waals surface area contributed by atoms with Crippen LogP contribution in [0.25, 0.3) is 0 Å². The van der Waals surface area contributed by atoms with Gasteiger partial charge in [-0.25, -0.2) is 8.42 Å². The fourth-order valence-electron chi connectivity index (χ4n) is 6.16. The van der Waals surface area contributed by atoms with Crippen molar-refractivity contribution in [2.45, 2.75) is 73.9 Å². The third-order valence-corrected chi connectivity index (χ3v) is 11.6. The molecule has 4 aromatic carbocycles. The molecule has 4 aromatic rings. The highest BCUT2D eigenvalue weighted by atomic mass is 35.5. The zero-order valence-corrected chi connectivity index (χ0v) is 30.9. The van der Waals surface area contributed by atoms with Gasteiger partial charge >= 0.3 is 0 Å². The van der Waals surface area contributed by atoms with Crippen molar-refractivity contribution in [3.8, 4) is 5.75 Å². The van der Waals surface area contributed by atoms with Gasteiger partial charge in [-0.2, -0.15) is 0 Å². The van der Waals surface area contributed by atoms with Crippen molar-refractivity contribution in [3.63, 3.8) is 0 Å². The molecule has 2 amide bonds. The molecule has 1 fully saturated rings. The van der Waals surface area contributed by atoms with E-state index in [2.05, 4.69) is 5.32 Å². The van der Waals surface area contributed by atoms with Crippen LogP contribution in [0.1, 0.15) is 50.2 Å². The Morgan fingerprint density at radius 2 is 1.54 bits per heavy atom. The van der Waals surface area contributed by atoms with Crippen LogP contribution in [-0.4, -0.2) is 56.6 Å². The Kier molecular flexibility index (Phi) is 13.3. The monoisotopic (exact) mass is 733 g/mol. The Morgan fingerprint density at radius 3 is 2.16 bits per heavy atom. The first-order valence-electron chi connectivity index (χ1n) is 17.0. The lowest BCUT2D eigenvalue weighted by molar-refractivity contribution is -0.140. The molecule has 50 heavy (non-hydrogen) atoms. The normalized spacial score (nSPS) is 14.1. The average molecular weight is 734 g/mol. The van der Waals surface area contributed by atoms with Crippen LogP contribution in [-0.2, 0) is 32.6 Å². The standard InChI is InChI=1S/C39H44ClN3O5S2/c1-3-48-34-20-18-33(19-21-34)43(50(46,47)36-24-22-35(49-2)23-25-36)28-38(44)42(27-30-14-16-31(40)17-15-30)37(26-29-10-6-4-7-11-29)39(45)41-32-12-8-5-9-13-32/h4,6-7,10-11,14-25,32,37H,3,5,8-9,12-13,26-28H2,1-2H3,(H,41,45)/t37-/m0/s1. The van der Waals surface area contributed by atoms with Gasteiger partial charge in [-0.05, 0) is 97.8 Å². The van der Waals surface area contributed by atoms with Crippen molar-refractivity contribution in [2.24, 2.45) is 0 Å². The Labute approximate surface area is 305 Å². The summed E-state index contributed by atoms with van der Waals surface area (Å²) in [5.74, 6) is -0.194. The summed E-state index contributed by atoms with van der Waals surface area (Å²) in [6, 6.07) is 29.0. The Morgan fingerprint density at radius 1 is 0.880 bits per heavy atom. The molecule has 0 radical (unpaired) electrons. The number of amides is 2. The number of hydrogen-bond acceptors (Lipinski definition) is 6. The maximum atomic E-state index is 14.8. The van der Waals surface area contributed by atoms with Crippen LogP contribution in [0.15, 0.2) is 113 Å². The molecule has 1 atom stereocenters. The van der Waals surface area contributed by atoms with Crippen LogP contribution in [0.2, 0.25) is 5.02 Å². The summed E-state index contributed by atoms with van der Waals surface area (Å²) < 4.78 is 35.5. The van der Waals surface area contributed by atoms with E-state index in [1.54, 1.807) is 60.7 Å². The summed E-state index contributed by atoms with van der Waals surface area (Å²) >= 11 is 7.71. The molecule has 264 valence electrons. The average Bonchev–Trinajstić information content (AvgIpc) is 3.14. The van der Waals surface area contributed by atoms with E-state index in [4.69, 9.17) is 16.3 Å². The first-order chi connectivity index (χ1) is 24.2. The van der Waals surface area contributed by atoms with Crippen LogP contribution in [0.5, 0.6) is 5.75 Å². The number of anilines is 1. The minimum atomic E-state index is -4.22. The molecule has 0 aromatic heterocycles. The molecule has 11 heteroatoms. The van der Waals surface area contributed by atoms with Crippen molar-refractivity contribution < 1.29 is 22.7 Å². The number of carbonyl (C=O) groups excluding carboxylic acids is 2. The molecule has 0 bridgehead atoms. The highest BCUT2D eigenvalue weighted by Gasteiger charge is 2.35. The van der Waals surface area contributed by atoms with E-state index in [-0.39, 0.29) is 29.8 Å². The molecule has 1 N–H and O–H groups in total. The molecule has 0 spiro atoms. The van der Waals surface area contributed by atoms with Crippen LogP contribution < -0.4 is 14.4 Å². The smallest absolute Gasteiger partial charge is 0.264 e. The number of nitrogens with one attached hydrogen (secondary N) is 1. The maximum Gasteiger partial charge on any atom is 0.264 e. The number of nitrogens with zero attached hydrogens (tertiary/aromatic N) is 2. The molecule has 1 aliphatic rings. The SMILES string of the molecule is CCOc1ccc(N(CC(=O)N(Cc2ccc(Cl)cc2)[C@@H](Cc2ccccc2)C(=O)NC2CCCCC2)S(=O)(=O)c2ccc(SC)cc2)cc1. The zero-order chi connectivity index (χ0) is 35.5. The van der Waals surface area contributed by atoms with Gasteiger partial charge in [0.2, 0.25) is 11.8 Å². The zero-order valence-electron chi connectivity index (χ0n) is 28.5. The Bertz CT molecular complexity index is 1800. The first-order valence-corrected chi connectivity index (χ1v) is 20.0. The number of halogens is 1. The second-order valence-electron chi connectivity index (χ2n) is 12.3. The predicted molar refractivity (Wildman–Crippen MR) is 201 cm³/mol. The summed E-state index contributed by atoms with van der Waals surface area (Å²) in [6.45, 7) is 1.86. The molecule has 8 nitrogen and oxygen atoms in total. The number of hydrogen-bond donors (Lipinski definition) is 1. The summed E-state index contributed by atoms with van der Waals surface area (Å²) in [6.07, 6.45) is 7.15. The molecular formula is C39H44ClN3O5S2. The van der Waals surface area contributed by atoms with E-state index in [1.807, 2.05) is 55.6 Å². The number of benzene rings is 4. The molecule has 5 rings (SSSR count). The summed E-state index contributed by atoms with van der Waals surface area (Å²) in [5.41, 5.74) is 1.94. The van der Waals surface area contributed by atoms with Crippen LogP contribution in [0.4, 0.5) is 5.69 Å². The fraction of sp³-hybridized carbons (Fsp3) is 0.333.